The van der Waals surface area contributed by atoms with Crippen LogP contribution in [0, 0.1) is 22.7 Å². The molecule has 1 saturated carbocycles. The third kappa shape index (κ3) is 5.37. The topological polar surface area (TPSA) is 114 Å². The Bertz CT molecular complexity index is 1030. The van der Waals surface area contributed by atoms with Crippen LogP contribution in [0.2, 0.25) is 0 Å². The number of hydrogen-bond acceptors (Lipinski definition) is 9. The van der Waals surface area contributed by atoms with Crippen LogP contribution >= 0.6 is 0 Å². The lowest BCUT2D eigenvalue weighted by molar-refractivity contribution is -0.256. The predicted molar refractivity (Wildman–Crippen MR) is 132 cm³/mol. The van der Waals surface area contributed by atoms with Crippen molar-refractivity contribution in [2.45, 2.75) is 92.5 Å². The van der Waals surface area contributed by atoms with Gasteiger partial charge in [0.2, 0.25) is 12.6 Å². The number of allylic oxidation sites excluding steroid dienone is 3. The molecule has 0 unspecified atom stereocenters. The largest absolute Gasteiger partial charge is 0.461 e. The molecule has 0 amide bonds. The van der Waals surface area contributed by atoms with E-state index in [-0.39, 0.29) is 11.8 Å². The molecule has 8 atom stereocenters. The van der Waals surface area contributed by atoms with Crippen LogP contribution in [-0.4, -0.2) is 48.7 Å². The van der Waals surface area contributed by atoms with Gasteiger partial charge in [-0.15, -0.1) is 0 Å². The number of esters is 4. The Labute approximate surface area is 218 Å². The van der Waals surface area contributed by atoms with Crippen LogP contribution in [0.5, 0.6) is 0 Å². The molecule has 1 spiro atoms. The van der Waals surface area contributed by atoms with Crippen molar-refractivity contribution in [3.63, 3.8) is 0 Å². The predicted octanol–water partition coefficient (Wildman–Crippen LogP) is 4.16. The summed E-state index contributed by atoms with van der Waals surface area (Å²) in [4.78, 5) is 48.6. The van der Waals surface area contributed by atoms with Crippen LogP contribution in [0.4, 0.5) is 0 Å². The normalized spacial score (nSPS) is 36.8. The molecule has 1 aliphatic heterocycles. The van der Waals surface area contributed by atoms with Crippen LogP contribution in [0.25, 0.3) is 0 Å². The van der Waals surface area contributed by atoms with Crippen LogP contribution in [0.15, 0.2) is 36.0 Å². The van der Waals surface area contributed by atoms with Crippen molar-refractivity contribution >= 4 is 23.9 Å². The first-order valence-corrected chi connectivity index (χ1v) is 12.6. The molecule has 204 valence electrons. The molecule has 1 saturated heterocycles. The molecule has 0 aromatic heterocycles. The fourth-order valence-electron chi connectivity index (χ4n) is 6.39. The standard InChI is InChI=1S/C28H38O9/c1-9-15(2)10-11-27(8)16(3)12-24(34-18(5)30)28-22(13-21(14-23(27)28)33-17(4)29)25(35-19(6)31)37-26(28)36-20(7)32/h9-10,13,16,21,23-26H,1,11-12,14H2,2-8H3/b15-10+/t16-,21-,23+,24+,25+,26-,27-,28+/m1/s1. The molecule has 1 heterocycles. The number of ether oxygens (including phenoxy) is 5. The summed E-state index contributed by atoms with van der Waals surface area (Å²) in [6, 6.07) is 0. The average molecular weight is 519 g/mol. The molecule has 9 nitrogen and oxygen atoms in total. The van der Waals surface area contributed by atoms with Crippen molar-refractivity contribution in [3.05, 3.63) is 36.0 Å². The van der Waals surface area contributed by atoms with E-state index >= 15 is 0 Å². The van der Waals surface area contributed by atoms with Gasteiger partial charge in [0, 0.05) is 33.3 Å². The summed E-state index contributed by atoms with van der Waals surface area (Å²) in [6.07, 6.45) is 3.26. The van der Waals surface area contributed by atoms with E-state index in [1.807, 2.05) is 6.92 Å². The number of rotatable bonds is 7. The molecule has 0 N–H and O–H groups in total. The molecule has 0 radical (unpaired) electrons. The van der Waals surface area contributed by atoms with Crippen LogP contribution in [0.1, 0.15) is 67.7 Å². The van der Waals surface area contributed by atoms with Gasteiger partial charge < -0.3 is 18.9 Å². The van der Waals surface area contributed by atoms with E-state index < -0.39 is 59.5 Å². The lowest BCUT2D eigenvalue weighted by atomic mass is 9.45. The number of carbonyl (C=O) groups excluding carboxylic acids is 4. The minimum atomic E-state index is -1.20. The Morgan fingerprint density at radius 1 is 0.973 bits per heavy atom. The minimum Gasteiger partial charge on any atom is -0.461 e. The summed E-state index contributed by atoms with van der Waals surface area (Å²) in [6.45, 7) is 15.2. The second-order valence-corrected chi connectivity index (χ2v) is 10.6. The fraction of sp³-hybridized carbons (Fsp3) is 0.643. The molecule has 0 aromatic carbocycles. The van der Waals surface area contributed by atoms with Crippen molar-refractivity contribution in [2.75, 3.05) is 0 Å². The Hall–Kier alpha value is -2.94. The Kier molecular flexibility index (Phi) is 8.37. The smallest absolute Gasteiger partial charge is 0.305 e. The van der Waals surface area contributed by atoms with E-state index in [1.165, 1.54) is 27.7 Å². The average Bonchev–Trinajstić information content (AvgIpc) is 3.06. The van der Waals surface area contributed by atoms with Crippen molar-refractivity contribution in [2.24, 2.45) is 22.7 Å². The van der Waals surface area contributed by atoms with E-state index in [0.717, 1.165) is 5.57 Å². The van der Waals surface area contributed by atoms with Crippen molar-refractivity contribution in [3.8, 4) is 0 Å². The molecule has 37 heavy (non-hydrogen) atoms. The summed E-state index contributed by atoms with van der Waals surface area (Å²) >= 11 is 0. The lowest BCUT2D eigenvalue weighted by Crippen LogP contribution is -2.63. The van der Waals surface area contributed by atoms with E-state index in [4.69, 9.17) is 23.7 Å². The summed E-state index contributed by atoms with van der Waals surface area (Å²) < 4.78 is 28.9. The van der Waals surface area contributed by atoms with Gasteiger partial charge in [0.25, 0.3) is 0 Å². The highest BCUT2D eigenvalue weighted by atomic mass is 16.8. The molecular formula is C28H38O9. The Morgan fingerprint density at radius 2 is 1.57 bits per heavy atom. The van der Waals surface area contributed by atoms with Gasteiger partial charge in [0.1, 0.15) is 17.6 Å². The zero-order chi connectivity index (χ0) is 27.7. The van der Waals surface area contributed by atoms with Gasteiger partial charge >= 0.3 is 23.9 Å². The lowest BCUT2D eigenvalue weighted by Gasteiger charge is -2.60. The van der Waals surface area contributed by atoms with Crippen LogP contribution < -0.4 is 0 Å². The summed E-state index contributed by atoms with van der Waals surface area (Å²) in [7, 11) is 0. The number of carbonyl (C=O) groups is 4. The van der Waals surface area contributed by atoms with E-state index in [9.17, 15) is 19.2 Å². The van der Waals surface area contributed by atoms with Crippen molar-refractivity contribution in [1.29, 1.82) is 0 Å². The summed E-state index contributed by atoms with van der Waals surface area (Å²) in [5.41, 5.74) is -0.119. The van der Waals surface area contributed by atoms with Gasteiger partial charge in [-0.2, -0.15) is 0 Å². The molecule has 2 aliphatic carbocycles. The van der Waals surface area contributed by atoms with E-state index in [0.29, 0.717) is 24.8 Å². The van der Waals surface area contributed by atoms with Gasteiger partial charge in [-0.05, 0) is 49.5 Å². The fourth-order valence-corrected chi connectivity index (χ4v) is 6.39. The van der Waals surface area contributed by atoms with E-state index in [2.05, 4.69) is 26.5 Å². The first-order valence-electron chi connectivity index (χ1n) is 12.6. The maximum atomic E-state index is 12.3. The highest BCUT2D eigenvalue weighted by molar-refractivity contribution is 5.69. The van der Waals surface area contributed by atoms with Gasteiger partial charge in [-0.3, -0.25) is 23.9 Å². The van der Waals surface area contributed by atoms with Gasteiger partial charge in [-0.25, -0.2) is 0 Å². The summed E-state index contributed by atoms with van der Waals surface area (Å²) in [5, 5.41) is 0. The quantitative estimate of drug-likeness (QED) is 0.212. The molecule has 0 bridgehead atoms. The highest BCUT2D eigenvalue weighted by Crippen LogP contribution is 2.67. The second kappa shape index (κ2) is 10.8. The van der Waals surface area contributed by atoms with Crippen molar-refractivity contribution < 1.29 is 42.9 Å². The van der Waals surface area contributed by atoms with Gasteiger partial charge in [0.15, 0.2) is 0 Å². The van der Waals surface area contributed by atoms with E-state index in [1.54, 1.807) is 12.2 Å². The minimum absolute atomic E-state index is 0.0458. The third-order valence-electron chi connectivity index (χ3n) is 8.18. The molecule has 2 fully saturated rings. The van der Waals surface area contributed by atoms with Crippen LogP contribution in [0.3, 0.4) is 0 Å². The summed E-state index contributed by atoms with van der Waals surface area (Å²) in [5.74, 6) is -2.45. The third-order valence-corrected chi connectivity index (χ3v) is 8.18. The number of hydrogen-bond donors (Lipinski definition) is 0. The van der Waals surface area contributed by atoms with Crippen molar-refractivity contribution in [1.82, 2.24) is 0 Å². The molecule has 3 rings (SSSR count). The maximum absolute atomic E-state index is 12.3. The SMILES string of the molecule is C=C/C(C)=C/C[C@]1(C)[C@H](C)C[C@H](OC(C)=O)[C@]23C(=C[C@@H](OC(C)=O)C[C@@H]12)[C@@H](OC(C)=O)O[C@H]3OC(C)=O. The Balaban J connectivity index is 2.31. The maximum Gasteiger partial charge on any atom is 0.305 e. The molecule has 9 heteroatoms. The van der Waals surface area contributed by atoms with Gasteiger partial charge in [-0.1, -0.05) is 38.2 Å². The first kappa shape index (κ1) is 28.6. The zero-order valence-electron chi connectivity index (χ0n) is 22.7. The molecular weight excluding hydrogens is 480 g/mol. The Morgan fingerprint density at radius 3 is 2.11 bits per heavy atom. The first-order chi connectivity index (χ1) is 17.2. The molecule has 0 aromatic rings. The zero-order valence-corrected chi connectivity index (χ0v) is 22.7. The second-order valence-electron chi connectivity index (χ2n) is 10.6. The monoisotopic (exact) mass is 518 g/mol. The van der Waals surface area contributed by atoms with Gasteiger partial charge in [0.05, 0.1) is 0 Å². The van der Waals surface area contributed by atoms with Crippen LogP contribution in [-0.2, 0) is 42.9 Å². The molecule has 3 aliphatic rings. The highest BCUT2D eigenvalue weighted by Gasteiger charge is 2.72.